The van der Waals surface area contributed by atoms with Gasteiger partial charge >= 0.3 is 0 Å². The van der Waals surface area contributed by atoms with Crippen LogP contribution in [-0.2, 0) is 12.8 Å². The van der Waals surface area contributed by atoms with Gasteiger partial charge in [-0.15, -0.1) is 0 Å². The monoisotopic (exact) mass is 247 g/mol. The molecule has 0 aliphatic carbocycles. The number of anilines is 2. The maximum absolute atomic E-state index is 9.35. The minimum Gasteiger partial charge on any atom is -0.504 e. The summed E-state index contributed by atoms with van der Waals surface area (Å²) in [6.45, 7) is 0. The molecule has 0 spiro atoms. The predicted molar refractivity (Wildman–Crippen MR) is 65.8 cm³/mol. The fourth-order valence-corrected chi connectivity index (χ4v) is 1.55. The average molecular weight is 247 g/mol. The molecule has 1 aromatic carbocycles. The first-order valence-corrected chi connectivity index (χ1v) is 5.31. The van der Waals surface area contributed by atoms with Crippen LogP contribution in [0.2, 0.25) is 0 Å². The lowest BCUT2D eigenvalue weighted by Gasteiger charge is -2.04. The molecule has 0 unspecified atom stereocenters. The number of aromatic hydroxyl groups is 2. The van der Waals surface area contributed by atoms with Gasteiger partial charge in [0.15, 0.2) is 11.5 Å². The van der Waals surface area contributed by atoms with Crippen molar-refractivity contribution in [3.05, 3.63) is 29.6 Å². The van der Waals surface area contributed by atoms with E-state index in [1.807, 2.05) is 0 Å². The van der Waals surface area contributed by atoms with E-state index in [1.54, 1.807) is 6.07 Å². The van der Waals surface area contributed by atoms with Crippen molar-refractivity contribution in [2.45, 2.75) is 12.8 Å². The fraction of sp³-hybridized carbons (Fsp3) is 0.182. The lowest BCUT2D eigenvalue weighted by atomic mass is 10.1. The topological polar surface area (TPSA) is 131 Å². The van der Waals surface area contributed by atoms with Crippen LogP contribution < -0.4 is 11.5 Å². The molecule has 0 aliphatic heterocycles. The van der Waals surface area contributed by atoms with Gasteiger partial charge in [0.2, 0.25) is 11.9 Å². The van der Waals surface area contributed by atoms with Crippen LogP contribution in [0.25, 0.3) is 0 Å². The molecule has 2 aromatic rings. The summed E-state index contributed by atoms with van der Waals surface area (Å²) >= 11 is 0. The van der Waals surface area contributed by atoms with E-state index in [2.05, 4.69) is 15.0 Å². The van der Waals surface area contributed by atoms with Crippen LogP contribution in [-0.4, -0.2) is 25.2 Å². The maximum atomic E-state index is 9.35. The van der Waals surface area contributed by atoms with Crippen molar-refractivity contribution in [1.29, 1.82) is 0 Å². The molecular formula is C11H13N5O2. The van der Waals surface area contributed by atoms with Crippen molar-refractivity contribution in [3.63, 3.8) is 0 Å². The minimum atomic E-state index is -0.151. The molecular weight excluding hydrogens is 234 g/mol. The maximum Gasteiger partial charge on any atom is 0.225 e. The number of nitrogens with zero attached hydrogens (tertiary/aromatic N) is 3. The first kappa shape index (κ1) is 11.9. The molecule has 18 heavy (non-hydrogen) atoms. The van der Waals surface area contributed by atoms with E-state index in [1.165, 1.54) is 12.1 Å². The minimum absolute atomic E-state index is 0.0889. The van der Waals surface area contributed by atoms with Crippen molar-refractivity contribution in [2.75, 3.05) is 11.5 Å². The molecule has 0 bridgehead atoms. The Morgan fingerprint density at radius 1 is 0.889 bits per heavy atom. The number of aromatic nitrogens is 3. The Labute approximate surface area is 103 Å². The summed E-state index contributed by atoms with van der Waals surface area (Å²) in [6.07, 6.45) is 1.11. The molecule has 2 rings (SSSR count). The zero-order chi connectivity index (χ0) is 13.1. The number of nitrogens with two attached hydrogens (primary N) is 2. The Kier molecular flexibility index (Phi) is 3.13. The number of benzene rings is 1. The van der Waals surface area contributed by atoms with E-state index in [9.17, 15) is 10.2 Å². The van der Waals surface area contributed by atoms with Gasteiger partial charge in [0.1, 0.15) is 5.82 Å². The summed E-state index contributed by atoms with van der Waals surface area (Å²) in [5.41, 5.74) is 11.8. The number of rotatable bonds is 3. The normalized spacial score (nSPS) is 10.4. The molecule has 6 N–H and O–H groups in total. The third-order valence-electron chi connectivity index (χ3n) is 2.39. The smallest absolute Gasteiger partial charge is 0.225 e. The van der Waals surface area contributed by atoms with Crippen molar-refractivity contribution in [1.82, 2.24) is 15.0 Å². The second-order valence-electron chi connectivity index (χ2n) is 3.79. The second-order valence-corrected chi connectivity index (χ2v) is 3.79. The number of aryl methyl sites for hydroxylation is 2. The summed E-state index contributed by atoms with van der Waals surface area (Å²) in [6, 6.07) is 4.63. The summed E-state index contributed by atoms with van der Waals surface area (Å²) in [4.78, 5) is 11.6. The molecule has 7 nitrogen and oxygen atoms in total. The van der Waals surface area contributed by atoms with Gasteiger partial charge in [-0.05, 0) is 24.1 Å². The number of nitrogen functional groups attached to an aromatic ring is 2. The van der Waals surface area contributed by atoms with E-state index in [4.69, 9.17) is 11.5 Å². The molecule has 0 radical (unpaired) electrons. The van der Waals surface area contributed by atoms with Crippen molar-refractivity contribution >= 4 is 11.9 Å². The zero-order valence-electron chi connectivity index (χ0n) is 9.54. The summed E-state index contributed by atoms with van der Waals surface area (Å²) in [5.74, 6) is 0.374. The van der Waals surface area contributed by atoms with Crippen LogP contribution in [0.4, 0.5) is 11.9 Å². The largest absolute Gasteiger partial charge is 0.504 e. The molecule has 0 fully saturated rings. The fourth-order valence-electron chi connectivity index (χ4n) is 1.55. The molecule has 1 aromatic heterocycles. The third kappa shape index (κ3) is 2.76. The Hall–Kier alpha value is -2.57. The third-order valence-corrected chi connectivity index (χ3v) is 2.39. The highest BCUT2D eigenvalue weighted by Gasteiger charge is 2.04. The second kappa shape index (κ2) is 4.74. The highest BCUT2D eigenvalue weighted by atomic mass is 16.3. The zero-order valence-corrected chi connectivity index (χ0v) is 9.54. The molecule has 1 heterocycles. The molecule has 0 atom stereocenters. The first-order valence-electron chi connectivity index (χ1n) is 5.31. The van der Waals surface area contributed by atoms with E-state index >= 15 is 0 Å². The number of hydrogen-bond acceptors (Lipinski definition) is 7. The quantitative estimate of drug-likeness (QED) is 0.571. The lowest BCUT2D eigenvalue weighted by Crippen LogP contribution is -2.07. The highest BCUT2D eigenvalue weighted by Crippen LogP contribution is 2.25. The SMILES string of the molecule is Nc1nc(N)nc(CCc2ccc(O)c(O)c2)n1. The highest BCUT2D eigenvalue weighted by molar-refractivity contribution is 5.40. The van der Waals surface area contributed by atoms with Crippen LogP contribution in [0.5, 0.6) is 11.5 Å². The molecule has 0 saturated carbocycles. The van der Waals surface area contributed by atoms with Gasteiger partial charge in [0.05, 0.1) is 0 Å². The van der Waals surface area contributed by atoms with Gasteiger partial charge in [-0.25, -0.2) is 0 Å². The number of hydrogen-bond donors (Lipinski definition) is 4. The van der Waals surface area contributed by atoms with E-state index in [-0.39, 0.29) is 23.4 Å². The number of phenolic OH excluding ortho intramolecular Hbond substituents is 2. The van der Waals surface area contributed by atoms with Crippen molar-refractivity contribution in [3.8, 4) is 11.5 Å². The van der Waals surface area contributed by atoms with Crippen LogP contribution in [0.3, 0.4) is 0 Å². The standard InChI is InChI=1S/C11H13N5O2/c12-10-14-9(15-11(13)16-10)4-2-6-1-3-7(17)8(18)5-6/h1,3,5,17-18H,2,4H2,(H4,12,13,14,15,16). The average Bonchev–Trinajstić information content (AvgIpc) is 2.29. The van der Waals surface area contributed by atoms with Crippen LogP contribution in [0.1, 0.15) is 11.4 Å². The number of phenols is 2. The van der Waals surface area contributed by atoms with Crippen molar-refractivity contribution < 1.29 is 10.2 Å². The summed E-state index contributed by atoms with van der Waals surface area (Å²) in [7, 11) is 0. The molecule has 0 aliphatic rings. The van der Waals surface area contributed by atoms with Gasteiger partial charge in [-0.3, -0.25) is 0 Å². The van der Waals surface area contributed by atoms with Crippen LogP contribution in [0, 0.1) is 0 Å². The summed E-state index contributed by atoms with van der Waals surface area (Å²) in [5, 5.41) is 18.5. The van der Waals surface area contributed by atoms with Gasteiger partial charge in [0, 0.05) is 6.42 Å². The predicted octanol–water partition coefficient (Wildman–Crippen LogP) is 0.232. The lowest BCUT2D eigenvalue weighted by molar-refractivity contribution is 0.403. The Balaban J connectivity index is 2.08. The van der Waals surface area contributed by atoms with E-state index < -0.39 is 0 Å². The molecule has 7 heteroatoms. The Bertz CT molecular complexity index is 553. The summed E-state index contributed by atoms with van der Waals surface area (Å²) < 4.78 is 0. The Morgan fingerprint density at radius 3 is 2.17 bits per heavy atom. The van der Waals surface area contributed by atoms with Gasteiger partial charge in [0.25, 0.3) is 0 Å². The van der Waals surface area contributed by atoms with E-state index in [0.717, 1.165) is 5.56 Å². The molecule has 0 amide bonds. The van der Waals surface area contributed by atoms with Crippen molar-refractivity contribution in [2.24, 2.45) is 0 Å². The Morgan fingerprint density at radius 2 is 1.56 bits per heavy atom. The van der Waals surface area contributed by atoms with Gasteiger partial charge < -0.3 is 21.7 Å². The van der Waals surface area contributed by atoms with Gasteiger partial charge in [-0.1, -0.05) is 6.07 Å². The first-order chi connectivity index (χ1) is 8.54. The molecule has 94 valence electrons. The van der Waals surface area contributed by atoms with Gasteiger partial charge in [-0.2, -0.15) is 15.0 Å². The van der Waals surface area contributed by atoms with Crippen LogP contribution in [0.15, 0.2) is 18.2 Å². The molecule has 0 saturated heterocycles. The van der Waals surface area contributed by atoms with E-state index in [0.29, 0.717) is 18.7 Å². The van der Waals surface area contributed by atoms with Crippen LogP contribution >= 0.6 is 0 Å².